The van der Waals surface area contributed by atoms with Crippen molar-refractivity contribution in [2.24, 2.45) is 0 Å². The zero-order valence-electron chi connectivity index (χ0n) is 16.4. The van der Waals surface area contributed by atoms with E-state index in [2.05, 4.69) is 28.5 Å². The molecule has 2 aromatic rings. The summed E-state index contributed by atoms with van der Waals surface area (Å²) in [5.41, 5.74) is 6.40. The average molecular weight is 365 g/mol. The zero-order valence-corrected chi connectivity index (χ0v) is 16.4. The molecule has 1 heterocycles. The van der Waals surface area contributed by atoms with Crippen molar-refractivity contribution in [3.05, 3.63) is 58.7 Å². The van der Waals surface area contributed by atoms with E-state index >= 15 is 0 Å². The van der Waals surface area contributed by atoms with E-state index in [-0.39, 0.29) is 30.9 Å². The minimum Gasteiger partial charge on any atom is -0.359 e. The van der Waals surface area contributed by atoms with Gasteiger partial charge in [-0.25, -0.2) is 0 Å². The van der Waals surface area contributed by atoms with E-state index in [1.165, 1.54) is 5.56 Å². The summed E-state index contributed by atoms with van der Waals surface area (Å²) in [6.45, 7) is 8.32. The van der Waals surface area contributed by atoms with Crippen LogP contribution in [0.1, 0.15) is 29.2 Å². The highest BCUT2D eigenvalue weighted by Gasteiger charge is 2.27. The molecule has 27 heavy (non-hydrogen) atoms. The van der Waals surface area contributed by atoms with Gasteiger partial charge in [-0.15, -0.1) is 0 Å². The fourth-order valence-corrected chi connectivity index (χ4v) is 3.82. The van der Waals surface area contributed by atoms with Crippen molar-refractivity contribution in [1.29, 1.82) is 0 Å². The third-order valence-corrected chi connectivity index (χ3v) is 5.05. The van der Waals surface area contributed by atoms with E-state index in [1.54, 1.807) is 0 Å². The summed E-state index contributed by atoms with van der Waals surface area (Å²) in [4.78, 5) is 26.7. The Morgan fingerprint density at radius 1 is 1.07 bits per heavy atom. The number of anilines is 2. The lowest BCUT2D eigenvalue weighted by atomic mass is 10.1. The molecule has 0 bridgehead atoms. The van der Waals surface area contributed by atoms with E-state index in [0.717, 1.165) is 34.5 Å². The Morgan fingerprint density at radius 3 is 2.44 bits per heavy atom. The van der Waals surface area contributed by atoms with Gasteiger partial charge in [0.25, 0.3) is 0 Å². The number of aryl methyl sites for hydroxylation is 3. The first kappa shape index (κ1) is 19.0. The topological polar surface area (TPSA) is 61.4 Å². The first-order chi connectivity index (χ1) is 12.8. The van der Waals surface area contributed by atoms with Gasteiger partial charge in [-0.3, -0.25) is 9.59 Å². The summed E-state index contributed by atoms with van der Waals surface area (Å²) < 4.78 is 0. The number of benzene rings is 2. The number of hydrogen-bond acceptors (Lipinski definition) is 3. The molecule has 0 aromatic heterocycles. The molecular weight excluding hydrogens is 338 g/mol. The number of carbonyl (C=O) groups excluding carboxylic acids is 2. The van der Waals surface area contributed by atoms with E-state index in [0.29, 0.717) is 0 Å². The standard InChI is InChI=1S/C22H27N3O2/c1-14-9-15(2)22(16(3)10-14)24-20(26)12-23-21(27)13-25-17(4)11-18-7-5-6-8-19(18)25/h5-10,17H,11-13H2,1-4H3,(H,23,27)(H,24,26). The minimum atomic E-state index is -0.215. The van der Waals surface area contributed by atoms with Gasteiger partial charge in [-0.05, 0) is 56.9 Å². The van der Waals surface area contributed by atoms with Crippen LogP contribution in [0.4, 0.5) is 11.4 Å². The SMILES string of the molecule is Cc1cc(C)c(NC(=O)CNC(=O)CN2c3ccccc3CC2C)c(C)c1. The summed E-state index contributed by atoms with van der Waals surface area (Å²) >= 11 is 0. The minimum absolute atomic E-state index is 0.0323. The molecule has 1 aliphatic heterocycles. The fourth-order valence-electron chi connectivity index (χ4n) is 3.82. The van der Waals surface area contributed by atoms with Crippen LogP contribution in [0.15, 0.2) is 36.4 Å². The molecule has 0 fully saturated rings. The monoisotopic (exact) mass is 365 g/mol. The van der Waals surface area contributed by atoms with Gasteiger partial charge in [-0.2, -0.15) is 0 Å². The lowest BCUT2D eigenvalue weighted by molar-refractivity contribution is -0.123. The smallest absolute Gasteiger partial charge is 0.243 e. The molecule has 5 nitrogen and oxygen atoms in total. The second-order valence-electron chi connectivity index (χ2n) is 7.41. The molecule has 0 saturated carbocycles. The largest absolute Gasteiger partial charge is 0.359 e. The van der Waals surface area contributed by atoms with Gasteiger partial charge in [0.05, 0.1) is 13.1 Å². The summed E-state index contributed by atoms with van der Waals surface area (Å²) in [6.07, 6.45) is 0.940. The Balaban J connectivity index is 1.55. The van der Waals surface area contributed by atoms with Crippen molar-refractivity contribution < 1.29 is 9.59 Å². The van der Waals surface area contributed by atoms with Crippen molar-refractivity contribution in [2.75, 3.05) is 23.3 Å². The fraction of sp³-hybridized carbons (Fsp3) is 0.364. The summed E-state index contributed by atoms with van der Waals surface area (Å²) in [7, 11) is 0. The molecule has 1 unspecified atom stereocenters. The number of amides is 2. The van der Waals surface area contributed by atoms with E-state index in [9.17, 15) is 9.59 Å². The van der Waals surface area contributed by atoms with Crippen LogP contribution in [-0.2, 0) is 16.0 Å². The average Bonchev–Trinajstić information content (AvgIpc) is 2.92. The molecule has 3 rings (SSSR count). The van der Waals surface area contributed by atoms with Crippen LogP contribution in [0, 0.1) is 20.8 Å². The van der Waals surface area contributed by atoms with E-state index < -0.39 is 0 Å². The van der Waals surface area contributed by atoms with Gasteiger partial charge < -0.3 is 15.5 Å². The highest BCUT2D eigenvalue weighted by molar-refractivity contribution is 5.96. The summed E-state index contributed by atoms with van der Waals surface area (Å²) in [5.74, 6) is -0.362. The molecule has 2 amide bonds. The Bertz CT molecular complexity index is 853. The maximum Gasteiger partial charge on any atom is 0.243 e. The van der Waals surface area contributed by atoms with E-state index in [1.807, 2.05) is 51.1 Å². The van der Waals surface area contributed by atoms with Crippen LogP contribution in [-0.4, -0.2) is 30.9 Å². The number of carbonyl (C=O) groups is 2. The molecular formula is C22H27N3O2. The molecule has 0 spiro atoms. The molecule has 0 saturated heterocycles. The van der Waals surface area contributed by atoms with Crippen LogP contribution in [0.25, 0.3) is 0 Å². The predicted molar refractivity (Wildman–Crippen MR) is 109 cm³/mol. The number of nitrogens with zero attached hydrogens (tertiary/aromatic N) is 1. The normalized spacial score (nSPS) is 15.4. The third kappa shape index (κ3) is 4.30. The lowest BCUT2D eigenvalue weighted by Gasteiger charge is -2.24. The van der Waals surface area contributed by atoms with Crippen molar-refractivity contribution in [2.45, 2.75) is 40.2 Å². The van der Waals surface area contributed by atoms with Crippen molar-refractivity contribution >= 4 is 23.2 Å². The third-order valence-electron chi connectivity index (χ3n) is 5.05. The van der Waals surface area contributed by atoms with Crippen molar-refractivity contribution in [3.63, 3.8) is 0 Å². The van der Waals surface area contributed by atoms with Gasteiger partial charge in [0.1, 0.15) is 0 Å². The Labute approximate surface area is 160 Å². The maximum absolute atomic E-state index is 12.4. The van der Waals surface area contributed by atoms with Crippen molar-refractivity contribution in [3.8, 4) is 0 Å². The summed E-state index contributed by atoms with van der Waals surface area (Å²) in [6, 6.07) is 12.5. The molecule has 142 valence electrons. The molecule has 2 N–H and O–H groups in total. The van der Waals surface area contributed by atoms with Crippen LogP contribution in [0.3, 0.4) is 0 Å². The van der Waals surface area contributed by atoms with Crippen LogP contribution in [0.2, 0.25) is 0 Å². The molecule has 5 heteroatoms. The molecule has 1 atom stereocenters. The number of para-hydroxylation sites is 1. The second-order valence-corrected chi connectivity index (χ2v) is 7.41. The van der Waals surface area contributed by atoms with Gasteiger partial charge >= 0.3 is 0 Å². The second kappa shape index (κ2) is 7.82. The zero-order chi connectivity index (χ0) is 19.6. The lowest BCUT2D eigenvalue weighted by Crippen LogP contribution is -2.42. The van der Waals surface area contributed by atoms with Gasteiger partial charge in [0.15, 0.2) is 0 Å². The predicted octanol–water partition coefficient (Wildman–Crippen LogP) is 3.12. The van der Waals surface area contributed by atoms with E-state index in [4.69, 9.17) is 0 Å². The first-order valence-corrected chi connectivity index (χ1v) is 9.34. The highest BCUT2D eigenvalue weighted by atomic mass is 16.2. The maximum atomic E-state index is 12.4. The Kier molecular flexibility index (Phi) is 5.49. The van der Waals surface area contributed by atoms with Gasteiger partial charge in [0, 0.05) is 17.4 Å². The van der Waals surface area contributed by atoms with Gasteiger partial charge in [-0.1, -0.05) is 35.9 Å². The number of rotatable bonds is 5. The Morgan fingerprint density at radius 2 is 1.74 bits per heavy atom. The number of hydrogen-bond donors (Lipinski definition) is 2. The van der Waals surface area contributed by atoms with Crippen LogP contribution in [0.5, 0.6) is 0 Å². The number of fused-ring (bicyclic) bond motifs is 1. The number of nitrogens with one attached hydrogen (secondary N) is 2. The quantitative estimate of drug-likeness (QED) is 0.856. The van der Waals surface area contributed by atoms with Crippen LogP contribution < -0.4 is 15.5 Å². The highest BCUT2D eigenvalue weighted by Crippen LogP contribution is 2.31. The van der Waals surface area contributed by atoms with Crippen molar-refractivity contribution in [1.82, 2.24) is 5.32 Å². The Hall–Kier alpha value is -2.82. The van der Waals surface area contributed by atoms with Gasteiger partial charge in [0.2, 0.25) is 11.8 Å². The molecule has 0 aliphatic carbocycles. The molecule has 0 radical (unpaired) electrons. The molecule has 2 aromatic carbocycles. The summed E-state index contributed by atoms with van der Waals surface area (Å²) in [5, 5.41) is 5.65. The molecule has 1 aliphatic rings. The van der Waals surface area contributed by atoms with Crippen LogP contribution >= 0.6 is 0 Å². The first-order valence-electron chi connectivity index (χ1n) is 9.34.